The molecule has 1 aliphatic heterocycles. The van der Waals surface area contributed by atoms with Crippen LogP contribution in [0.5, 0.6) is 0 Å². The normalized spacial score (nSPS) is 21.3. The van der Waals surface area contributed by atoms with Crippen molar-refractivity contribution in [2.24, 2.45) is 5.73 Å². The summed E-state index contributed by atoms with van der Waals surface area (Å²) >= 11 is 0. The summed E-state index contributed by atoms with van der Waals surface area (Å²) in [5, 5.41) is 2.81. The van der Waals surface area contributed by atoms with Gasteiger partial charge in [0.15, 0.2) is 0 Å². The van der Waals surface area contributed by atoms with E-state index in [9.17, 15) is 9.59 Å². The molecule has 2 unspecified atom stereocenters. The summed E-state index contributed by atoms with van der Waals surface area (Å²) < 4.78 is 5.31. The third-order valence-electron chi connectivity index (χ3n) is 3.06. The summed E-state index contributed by atoms with van der Waals surface area (Å²) in [5.74, 6) is -0.333. The smallest absolute Gasteiger partial charge is 0.245 e. The molecule has 3 N–H and O–H groups in total. The Morgan fingerprint density at radius 1 is 1.47 bits per heavy atom. The summed E-state index contributed by atoms with van der Waals surface area (Å²) in [6, 6.07) is -1.06. The van der Waals surface area contributed by atoms with Crippen LogP contribution in [-0.2, 0) is 14.3 Å². The van der Waals surface area contributed by atoms with Gasteiger partial charge in [-0.2, -0.15) is 0 Å². The number of nitrogens with one attached hydrogen (secondary N) is 1. The molecule has 1 saturated heterocycles. The summed E-state index contributed by atoms with van der Waals surface area (Å²) in [5.41, 5.74) is 5.86. The highest BCUT2D eigenvalue weighted by atomic mass is 16.5. The van der Waals surface area contributed by atoms with E-state index in [1.54, 1.807) is 4.90 Å². The van der Waals surface area contributed by atoms with Crippen LogP contribution in [0.1, 0.15) is 33.6 Å². The minimum Gasteiger partial charge on any atom is -0.377 e. The van der Waals surface area contributed by atoms with Crippen LogP contribution in [0.2, 0.25) is 0 Å². The van der Waals surface area contributed by atoms with Gasteiger partial charge in [0.1, 0.15) is 6.04 Å². The number of amides is 2. The molecule has 0 aromatic rings. The SMILES string of the molecule is CCCC(N)C(=O)N1CCOCC1C(=O)NC(C)C. The Bertz CT molecular complexity index is 320. The quantitative estimate of drug-likeness (QED) is 0.729. The molecule has 0 aliphatic carbocycles. The highest BCUT2D eigenvalue weighted by Crippen LogP contribution is 2.11. The van der Waals surface area contributed by atoms with Crippen LogP contribution in [0.4, 0.5) is 0 Å². The van der Waals surface area contributed by atoms with Crippen LogP contribution < -0.4 is 11.1 Å². The Labute approximate surface area is 114 Å². The van der Waals surface area contributed by atoms with Gasteiger partial charge in [-0.25, -0.2) is 0 Å². The van der Waals surface area contributed by atoms with Crippen molar-refractivity contribution in [3.63, 3.8) is 0 Å². The van der Waals surface area contributed by atoms with Gasteiger partial charge in [-0.1, -0.05) is 13.3 Å². The second-order valence-electron chi connectivity index (χ2n) is 5.18. The molecule has 2 atom stereocenters. The Balaban J connectivity index is 2.71. The van der Waals surface area contributed by atoms with Gasteiger partial charge in [-0.05, 0) is 20.3 Å². The van der Waals surface area contributed by atoms with Crippen molar-refractivity contribution < 1.29 is 14.3 Å². The van der Waals surface area contributed by atoms with E-state index in [0.29, 0.717) is 19.6 Å². The minimum absolute atomic E-state index is 0.0377. The lowest BCUT2D eigenvalue weighted by Gasteiger charge is -2.36. The van der Waals surface area contributed by atoms with Crippen LogP contribution in [0.15, 0.2) is 0 Å². The predicted molar refractivity (Wildman–Crippen MR) is 72.5 cm³/mol. The first-order valence-electron chi connectivity index (χ1n) is 6.91. The average molecular weight is 271 g/mol. The molecule has 19 heavy (non-hydrogen) atoms. The summed E-state index contributed by atoms with van der Waals surface area (Å²) in [7, 11) is 0. The number of ether oxygens (including phenoxy) is 1. The van der Waals surface area contributed by atoms with E-state index in [2.05, 4.69) is 5.32 Å². The Morgan fingerprint density at radius 2 is 2.16 bits per heavy atom. The zero-order chi connectivity index (χ0) is 14.4. The molecule has 2 amide bonds. The Morgan fingerprint density at radius 3 is 2.74 bits per heavy atom. The van der Waals surface area contributed by atoms with Gasteiger partial charge < -0.3 is 20.7 Å². The first kappa shape index (κ1) is 15.9. The number of hydrogen-bond donors (Lipinski definition) is 2. The van der Waals surface area contributed by atoms with E-state index in [1.165, 1.54) is 0 Å². The third-order valence-corrected chi connectivity index (χ3v) is 3.06. The van der Waals surface area contributed by atoms with Gasteiger partial charge in [0.05, 0.1) is 19.3 Å². The highest BCUT2D eigenvalue weighted by Gasteiger charge is 2.34. The first-order chi connectivity index (χ1) is 8.97. The second kappa shape index (κ2) is 7.45. The van der Waals surface area contributed by atoms with E-state index in [0.717, 1.165) is 6.42 Å². The molecule has 0 radical (unpaired) electrons. The molecule has 1 fully saturated rings. The van der Waals surface area contributed by atoms with E-state index in [-0.39, 0.29) is 24.5 Å². The van der Waals surface area contributed by atoms with Gasteiger partial charge >= 0.3 is 0 Å². The molecule has 0 spiro atoms. The molecule has 1 rings (SSSR count). The fourth-order valence-corrected chi connectivity index (χ4v) is 2.11. The molecular formula is C13H25N3O3. The van der Waals surface area contributed by atoms with Crippen LogP contribution in [-0.4, -0.2) is 54.6 Å². The molecule has 6 heteroatoms. The monoisotopic (exact) mass is 271 g/mol. The van der Waals surface area contributed by atoms with Gasteiger partial charge in [0.25, 0.3) is 0 Å². The standard InChI is InChI=1S/C13H25N3O3/c1-4-5-10(14)13(18)16-6-7-19-8-11(16)12(17)15-9(2)3/h9-11H,4-8,14H2,1-3H3,(H,15,17). The lowest BCUT2D eigenvalue weighted by Crippen LogP contribution is -2.59. The van der Waals surface area contributed by atoms with Crippen molar-refractivity contribution in [2.75, 3.05) is 19.8 Å². The van der Waals surface area contributed by atoms with Crippen molar-refractivity contribution in [1.29, 1.82) is 0 Å². The Hall–Kier alpha value is -1.14. The maximum Gasteiger partial charge on any atom is 0.245 e. The fourth-order valence-electron chi connectivity index (χ4n) is 2.11. The summed E-state index contributed by atoms with van der Waals surface area (Å²) in [6.07, 6.45) is 1.48. The fraction of sp³-hybridized carbons (Fsp3) is 0.846. The zero-order valence-electron chi connectivity index (χ0n) is 12.0. The lowest BCUT2D eigenvalue weighted by molar-refractivity contribution is -0.149. The van der Waals surface area contributed by atoms with Crippen molar-refractivity contribution in [1.82, 2.24) is 10.2 Å². The number of hydrogen-bond acceptors (Lipinski definition) is 4. The van der Waals surface area contributed by atoms with Crippen LogP contribution in [0, 0.1) is 0 Å². The second-order valence-corrected chi connectivity index (χ2v) is 5.18. The summed E-state index contributed by atoms with van der Waals surface area (Å²) in [4.78, 5) is 25.9. The number of nitrogens with two attached hydrogens (primary N) is 1. The maximum absolute atomic E-state index is 12.3. The van der Waals surface area contributed by atoms with E-state index in [4.69, 9.17) is 10.5 Å². The molecule has 0 aromatic heterocycles. The molecule has 0 saturated carbocycles. The average Bonchev–Trinajstić information content (AvgIpc) is 2.37. The van der Waals surface area contributed by atoms with Gasteiger partial charge in [0.2, 0.25) is 11.8 Å². The molecule has 6 nitrogen and oxygen atoms in total. The number of carbonyl (C=O) groups is 2. The summed E-state index contributed by atoms with van der Waals surface area (Å²) in [6.45, 7) is 6.87. The molecule has 1 aliphatic rings. The molecule has 1 heterocycles. The molecule has 110 valence electrons. The van der Waals surface area contributed by atoms with Crippen molar-refractivity contribution in [2.45, 2.75) is 51.7 Å². The molecule has 0 aromatic carbocycles. The number of rotatable bonds is 5. The number of morpholine rings is 1. The van der Waals surface area contributed by atoms with Crippen molar-refractivity contribution >= 4 is 11.8 Å². The molecule has 0 bridgehead atoms. The van der Waals surface area contributed by atoms with Gasteiger partial charge in [0, 0.05) is 12.6 Å². The van der Waals surface area contributed by atoms with Crippen molar-refractivity contribution in [3.8, 4) is 0 Å². The largest absolute Gasteiger partial charge is 0.377 e. The van der Waals surface area contributed by atoms with Gasteiger partial charge in [-0.15, -0.1) is 0 Å². The Kier molecular flexibility index (Phi) is 6.24. The first-order valence-corrected chi connectivity index (χ1v) is 6.91. The van der Waals surface area contributed by atoms with E-state index >= 15 is 0 Å². The minimum atomic E-state index is -0.563. The molecular weight excluding hydrogens is 246 g/mol. The van der Waals surface area contributed by atoms with Gasteiger partial charge in [-0.3, -0.25) is 9.59 Å². The highest BCUT2D eigenvalue weighted by molar-refractivity contribution is 5.90. The van der Waals surface area contributed by atoms with Crippen LogP contribution >= 0.6 is 0 Å². The topological polar surface area (TPSA) is 84.7 Å². The lowest BCUT2D eigenvalue weighted by atomic mass is 10.1. The number of nitrogens with zero attached hydrogens (tertiary/aromatic N) is 1. The van der Waals surface area contributed by atoms with Crippen molar-refractivity contribution in [3.05, 3.63) is 0 Å². The maximum atomic E-state index is 12.3. The number of carbonyl (C=O) groups excluding carboxylic acids is 2. The van der Waals surface area contributed by atoms with E-state index < -0.39 is 12.1 Å². The van der Waals surface area contributed by atoms with E-state index in [1.807, 2.05) is 20.8 Å². The predicted octanol–water partition coefficient (Wildman–Crippen LogP) is -0.134. The third kappa shape index (κ3) is 4.47. The van der Waals surface area contributed by atoms with Crippen LogP contribution in [0.3, 0.4) is 0 Å². The van der Waals surface area contributed by atoms with Crippen LogP contribution in [0.25, 0.3) is 0 Å². The zero-order valence-corrected chi connectivity index (χ0v) is 12.0.